The van der Waals surface area contributed by atoms with Crippen molar-refractivity contribution in [3.63, 3.8) is 0 Å². The van der Waals surface area contributed by atoms with Crippen molar-refractivity contribution in [3.05, 3.63) is 48.4 Å². The van der Waals surface area contributed by atoms with Gasteiger partial charge < -0.3 is 24.9 Å². The van der Waals surface area contributed by atoms with Gasteiger partial charge in [0.05, 0.1) is 19.0 Å². The van der Waals surface area contributed by atoms with Gasteiger partial charge in [-0.3, -0.25) is 0 Å². The number of aliphatic hydroxyl groups excluding tert-OH is 1. The van der Waals surface area contributed by atoms with Gasteiger partial charge in [0.15, 0.2) is 0 Å². The Balaban J connectivity index is 1.52. The van der Waals surface area contributed by atoms with Crippen LogP contribution in [0.2, 0.25) is 0 Å². The highest BCUT2D eigenvalue weighted by Gasteiger charge is 2.17. The smallest absolute Gasteiger partial charge is 0.319 e. The minimum Gasteiger partial charge on any atom is -0.490 e. The Morgan fingerprint density at radius 3 is 2.62 bits per heavy atom. The Labute approximate surface area is 140 Å². The first-order valence-electron chi connectivity index (χ1n) is 8.23. The lowest BCUT2D eigenvalue weighted by atomic mass is 10.2. The first-order chi connectivity index (χ1) is 11.7. The zero-order valence-electron chi connectivity index (χ0n) is 13.4. The van der Waals surface area contributed by atoms with E-state index in [0.717, 1.165) is 18.6 Å². The Morgan fingerprint density at radius 1 is 1.25 bits per heavy atom. The largest absolute Gasteiger partial charge is 0.490 e. The van der Waals surface area contributed by atoms with Crippen molar-refractivity contribution in [2.24, 2.45) is 0 Å². The summed E-state index contributed by atoms with van der Waals surface area (Å²) in [5, 5.41) is 14.8. The van der Waals surface area contributed by atoms with Gasteiger partial charge in [-0.15, -0.1) is 0 Å². The van der Waals surface area contributed by atoms with Crippen molar-refractivity contribution in [1.82, 2.24) is 5.32 Å². The van der Waals surface area contributed by atoms with Crippen LogP contribution in [-0.2, 0) is 0 Å². The summed E-state index contributed by atoms with van der Waals surface area (Å²) in [6.45, 7) is -0.241. The molecule has 6 nitrogen and oxygen atoms in total. The monoisotopic (exact) mass is 330 g/mol. The zero-order valence-corrected chi connectivity index (χ0v) is 13.4. The molecule has 6 heteroatoms. The third kappa shape index (κ3) is 4.29. The van der Waals surface area contributed by atoms with Gasteiger partial charge in [-0.05, 0) is 62.1 Å². The lowest BCUT2D eigenvalue weighted by Gasteiger charge is -2.15. The molecule has 24 heavy (non-hydrogen) atoms. The number of aliphatic hydroxyl groups is 1. The van der Waals surface area contributed by atoms with Crippen molar-refractivity contribution >= 4 is 11.7 Å². The highest BCUT2D eigenvalue weighted by atomic mass is 16.5. The molecule has 3 rings (SSSR count). The summed E-state index contributed by atoms with van der Waals surface area (Å²) < 4.78 is 11.1. The third-order valence-corrected chi connectivity index (χ3v) is 4.09. The highest BCUT2D eigenvalue weighted by Crippen LogP contribution is 2.25. The van der Waals surface area contributed by atoms with E-state index < -0.39 is 12.1 Å². The van der Waals surface area contributed by atoms with Crippen molar-refractivity contribution in [1.29, 1.82) is 0 Å². The fourth-order valence-electron chi connectivity index (χ4n) is 2.84. The molecule has 1 aromatic carbocycles. The minimum atomic E-state index is -0.579. The molecule has 3 N–H and O–H groups in total. The van der Waals surface area contributed by atoms with Gasteiger partial charge in [0.25, 0.3) is 0 Å². The van der Waals surface area contributed by atoms with E-state index in [2.05, 4.69) is 10.6 Å². The molecule has 1 saturated carbocycles. The number of carbonyl (C=O) groups excluding carboxylic acids is 1. The van der Waals surface area contributed by atoms with Gasteiger partial charge >= 0.3 is 6.03 Å². The molecule has 2 aromatic rings. The quantitative estimate of drug-likeness (QED) is 0.757. The molecule has 0 aliphatic heterocycles. The Bertz CT molecular complexity index is 634. The maximum Gasteiger partial charge on any atom is 0.319 e. The average Bonchev–Trinajstić information content (AvgIpc) is 3.28. The number of carbonyl (C=O) groups is 1. The van der Waals surface area contributed by atoms with Crippen LogP contribution in [0.1, 0.15) is 37.5 Å². The van der Waals surface area contributed by atoms with Crippen molar-refractivity contribution in [3.8, 4) is 5.75 Å². The number of rotatable bonds is 6. The fraction of sp³-hybridized carbons (Fsp3) is 0.389. The first kappa shape index (κ1) is 16.4. The van der Waals surface area contributed by atoms with Crippen molar-refractivity contribution in [2.75, 3.05) is 11.9 Å². The molecule has 1 aliphatic carbocycles. The van der Waals surface area contributed by atoms with E-state index in [-0.39, 0.29) is 6.61 Å². The molecule has 1 atom stereocenters. The molecule has 2 amide bonds. The van der Waals surface area contributed by atoms with Gasteiger partial charge in [0.2, 0.25) is 0 Å². The second-order valence-corrected chi connectivity index (χ2v) is 5.90. The highest BCUT2D eigenvalue weighted by molar-refractivity contribution is 5.89. The second-order valence-electron chi connectivity index (χ2n) is 5.90. The lowest BCUT2D eigenvalue weighted by molar-refractivity contribution is 0.210. The summed E-state index contributed by atoms with van der Waals surface area (Å²) in [4.78, 5) is 12.0. The number of hydrogen-bond donors (Lipinski definition) is 3. The van der Waals surface area contributed by atoms with E-state index in [1.54, 1.807) is 24.3 Å². The van der Waals surface area contributed by atoms with Crippen LogP contribution in [0.15, 0.2) is 47.1 Å². The summed E-state index contributed by atoms with van der Waals surface area (Å²) in [6, 6.07) is 9.72. The Morgan fingerprint density at radius 2 is 2.00 bits per heavy atom. The molecular formula is C18H22N2O4. The standard InChI is InChI=1S/C18H22N2O4/c21-12-16(17-6-3-11-23-17)20-18(22)19-13-7-9-15(10-8-13)24-14-4-1-2-5-14/h3,6-11,14,16,21H,1-2,4-5,12H2,(H2,19,20,22). The molecule has 1 aliphatic rings. The SMILES string of the molecule is O=C(Nc1ccc(OC2CCCC2)cc1)NC(CO)c1ccco1. The summed E-state index contributed by atoms with van der Waals surface area (Å²) in [7, 11) is 0. The molecular weight excluding hydrogens is 308 g/mol. The maximum absolute atomic E-state index is 12.0. The number of hydrogen-bond acceptors (Lipinski definition) is 4. The van der Waals surface area contributed by atoms with Crippen LogP contribution in [0.25, 0.3) is 0 Å². The maximum atomic E-state index is 12.0. The van der Waals surface area contributed by atoms with Crippen LogP contribution in [0, 0.1) is 0 Å². The summed E-state index contributed by atoms with van der Waals surface area (Å²) in [5.74, 6) is 1.32. The molecule has 1 fully saturated rings. The Hall–Kier alpha value is -2.47. The van der Waals surface area contributed by atoms with Crippen LogP contribution < -0.4 is 15.4 Å². The van der Waals surface area contributed by atoms with Gasteiger partial charge in [-0.2, -0.15) is 0 Å². The number of anilines is 1. The second kappa shape index (κ2) is 7.88. The Kier molecular flexibility index (Phi) is 5.38. The normalized spacial score (nSPS) is 15.9. The van der Waals surface area contributed by atoms with E-state index >= 15 is 0 Å². The topological polar surface area (TPSA) is 83.7 Å². The summed E-state index contributed by atoms with van der Waals surface area (Å²) in [5.41, 5.74) is 0.655. The van der Waals surface area contributed by atoms with E-state index in [1.807, 2.05) is 12.1 Å². The number of urea groups is 1. The predicted octanol–water partition coefficient (Wildman–Crippen LogP) is 3.46. The molecule has 0 radical (unpaired) electrons. The van der Waals surface area contributed by atoms with Crippen LogP contribution in [0.4, 0.5) is 10.5 Å². The van der Waals surface area contributed by atoms with Crippen LogP contribution in [0.3, 0.4) is 0 Å². The fourth-order valence-corrected chi connectivity index (χ4v) is 2.84. The van der Waals surface area contributed by atoms with E-state index in [1.165, 1.54) is 19.1 Å². The van der Waals surface area contributed by atoms with Gasteiger partial charge in [-0.1, -0.05) is 0 Å². The molecule has 0 bridgehead atoms. The third-order valence-electron chi connectivity index (χ3n) is 4.09. The van der Waals surface area contributed by atoms with Crippen LogP contribution >= 0.6 is 0 Å². The number of ether oxygens (including phenoxy) is 1. The molecule has 1 unspecified atom stereocenters. The number of amides is 2. The molecule has 1 aromatic heterocycles. The molecule has 0 saturated heterocycles. The van der Waals surface area contributed by atoms with Crippen LogP contribution in [0.5, 0.6) is 5.75 Å². The van der Waals surface area contributed by atoms with E-state index in [9.17, 15) is 9.90 Å². The molecule has 1 heterocycles. The lowest BCUT2D eigenvalue weighted by Crippen LogP contribution is -2.34. The van der Waals surface area contributed by atoms with Crippen molar-refractivity contribution < 1.29 is 19.1 Å². The van der Waals surface area contributed by atoms with Gasteiger partial charge in [-0.25, -0.2) is 4.79 Å². The first-order valence-corrected chi connectivity index (χ1v) is 8.23. The number of benzene rings is 1. The average molecular weight is 330 g/mol. The summed E-state index contributed by atoms with van der Waals surface area (Å²) >= 11 is 0. The minimum absolute atomic E-state index is 0.241. The predicted molar refractivity (Wildman–Crippen MR) is 90.0 cm³/mol. The van der Waals surface area contributed by atoms with Crippen molar-refractivity contribution in [2.45, 2.75) is 37.8 Å². The number of furan rings is 1. The summed E-state index contributed by atoms with van der Waals surface area (Å²) in [6.07, 6.45) is 6.49. The zero-order chi connectivity index (χ0) is 16.8. The van der Waals surface area contributed by atoms with Gasteiger partial charge in [0, 0.05) is 5.69 Å². The van der Waals surface area contributed by atoms with Crippen LogP contribution in [-0.4, -0.2) is 23.8 Å². The number of nitrogens with one attached hydrogen (secondary N) is 2. The van der Waals surface area contributed by atoms with E-state index in [4.69, 9.17) is 9.15 Å². The molecule has 128 valence electrons. The molecule has 0 spiro atoms. The van der Waals surface area contributed by atoms with Gasteiger partial charge in [0.1, 0.15) is 17.6 Å². The van der Waals surface area contributed by atoms with E-state index in [0.29, 0.717) is 17.6 Å².